The minimum atomic E-state index is -3.28. The zero-order valence-corrected chi connectivity index (χ0v) is 19.8. The Morgan fingerprint density at radius 2 is 1.70 bits per heavy atom. The summed E-state index contributed by atoms with van der Waals surface area (Å²) >= 11 is 0. The van der Waals surface area contributed by atoms with Crippen molar-refractivity contribution in [1.82, 2.24) is 20.7 Å². The Kier molecular flexibility index (Phi) is 12.2. The number of halogens is 1. The lowest BCUT2D eigenvalue weighted by molar-refractivity contribution is 0.0529. The Hall–Kier alpha value is -0.820. The van der Waals surface area contributed by atoms with Crippen LogP contribution in [0.5, 0.6) is 0 Å². The third kappa shape index (κ3) is 13.1. The van der Waals surface area contributed by atoms with Crippen molar-refractivity contribution in [2.45, 2.75) is 45.6 Å². The predicted molar refractivity (Wildman–Crippen MR) is 118 cm³/mol. The molecule has 0 bridgehead atoms. The van der Waals surface area contributed by atoms with E-state index in [0.29, 0.717) is 31.5 Å². The highest BCUT2D eigenvalue weighted by atomic mass is 127. The number of guanidine groups is 1. The van der Waals surface area contributed by atoms with Crippen molar-refractivity contribution in [2.75, 3.05) is 39.0 Å². The molecule has 1 amide bonds. The van der Waals surface area contributed by atoms with Gasteiger partial charge >= 0.3 is 6.09 Å². The molecule has 0 heterocycles. The number of nitrogens with one attached hydrogen (secondary N) is 4. The maximum atomic E-state index is 11.9. The molecule has 0 atom stereocenters. The lowest BCUT2D eigenvalue weighted by Gasteiger charge is -2.25. The van der Waals surface area contributed by atoms with Gasteiger partial charge in [-0.05, 0) is 39.5 Å². The number of hydrogen-bond donors (Lipinski definition) is 4. The van der Waals surface area contributed by atoms with Gasteiger partial charge in [-0.2, -0.15) is 0 Å². The summed E-state index contributed by atoms with van der Waals surface area (Å²) in [5.41, 5.74) is -0.534. The number of carbonyl (C=O) groups is 1. The fraction of sp³-hybridized carbons (Fsp3) is 0.875. The number of aliphatic imine (C=N–C) groups is 1. The van der Waals surface area contributed by atoms with Crippen LogP contribution in [0, 0.1) is 5.92 Å². The van der Waals surface area contributed by atoms with Crippen molar-refractivity contribution in [2.24, 2.45) is 10.9 Å². The lowest BCUT2D eigenvalue weighted by Crippen LogP contribution is -2.44. The Bertz CT molecular complexity index is 574. The first-order valence-corrected chi connectivity index (χ1v) is 10.7. The average molecular weight is 519 g/mol. The molecule has 0 radical (unpaired) electrons. The highest BCUT2D eigenvalue weighted by Crippen LogP contribution is 2.25. The minimum absolute atomic E-state index is 0. The molecule has 1 aliphatic carbocycles. The molecular formula is C16H34IN5O4S. The van der Waals surface area contributed by atoms with Crippen molar-refractivity contribution in [1.29, 1.82) is 0 Å². The molecule has 11 heteroatoms. The highest BCUT2D eigenvalue weighted by molar-refractivity contribution is 14.0. The topological polar surface area (TPSA) is 121 Å². The fourth-order valence-electron chi connectivity index (χ4n) is 2.20. The van der Waals surface area contributed by atoms with Gasteiger partial charge in [-0.1, -0.05) is 6.42 Å². The third-order valence-electron chi connectivity index (χ3n) is 3.79. The van der Waals surface area contributed by atoms with Crippen LogP contribution in [0.3, 0.4) is 0 Å². The summed E-state index contributed by atoms with van der Waals surface area (Å²) in [7, 11) is -1.68. The van der Waals surface area contributed by atoms with Gasteiger partial charge in [0, 0.05) is 33.2 Å². The average Bonchev–Trinajstić information content (AvgIpc) is 2.46. The minimum Gasteiger partial charge on any atom is -0.444 e. The second kappa shape index (κ2) is 12.6. The van der Waals surface area contributed by atoms with Crippen LogP contribution in [0.15, 0.2) is 4.99 Å². The van der Waals surface area contributed by atoms with Crippen molar-refractivity contribution >= 4 is 46.1 Å². The summed E-state index contributed by atoms with van der Waals surface area (Å²) in [6.07, 6.45) is 2.92. The van der Waals surface area contributed by atoms with E-state index in [0.717, 1.165) is 12.8 Å². The largest absolute Gasteiger partial charge is 0.444 e. The number of rotatable bonds is 9. The van der Waals surface area contributed by atoms with E-state index in [1.165, 1.54) is 6.42 Å². The second-order valence-corrected chi connectivity index (χ2v) is 9.25. The summed E-state index contributed by atoms with van der Waals surface area (Å²) in [5.74, 6) is 0.950. The summed E-state index contributed by atoms with van der Waals surface area (Å²) in [6, 6.07) is 0. The molecule has 0 unspecified atom stereocenters. The molecule has 1 aliphatic rings. The number of amides is 1. The number of ether oxygens (including phenoxy) is 1. The Balaban J connectivity index is 0.00000676. The predicted octanol–water partition coefficient (Wildman–Crippen LogP) is 1.01. The van der Waals surface area contributed by atoms with Crippen LogP contribution in [0.4, 0.5) is 4.79 Å². The molecule has 1 fully saturated rings. The van der Waals surface area contributed by atoms with Crippen LogP contribution in [0.25, 0.3) is 0 Å². The number of alkyl carbamates (subject to hydrolysis) is 1. The van der Waals surface area contributed by atoms with Crippen LogP contribution in [0.1, 0.15) is 40.0 Å². The first-order valence-electron chi connectivity index (χ1n) is 9.00. The number of nitrogens with zero attached hydrogens (tertiary/aromatic N) is 1. The Morgan fingerprint density at radius 1 is 1.11 bits per heavy atom. The molecular weight excluding hydrogens is 485 g/mol. The molecule has 0 saturated heterocycles. The van der Waals surface area contributed by atoms with Gasteiger partial charge < -0.3 is 20.7 Å². The zero-order chi connectivity index (χ0) is 19.6. The van der Waals surface area contributed by atoms with E-state index >= 15 is 0 Å². The SMILES string of the molecule is CN=C(NCCNC(=O)OC(C)(C)C)NCCS(=O)(=O)NCC1CCC1.I. The van der Waals surface area contributed by atoms with Crippen LogP contribution in [-0.2, 0) is 14.8 Å². The number of sulfonamides is 1. The molecule has 0 aliphatic heterocycles. The standard InChI is InChI=1S/C16H33N5O4S.HI/c1-16(2,3)25-15(22)20-9-8-18-14(17-4)19-10-11-26(23,24)21-12-13-6-5-7-13;/h13,21H,5-12H2,1-4H3,(H,20,22)(H2,17,18,19);1H. The molecule has 0 aromatic carbocycles. The van der Waals surface area contributed by atoms with Gasteiger partial charge in [0.15, 0.2) is 5.96 Å². The smallest absolute Gasteiger partial charge is 0.407 e. The van der Waals surface area contributed by atoms with E-state index in [1.807, 2.05) is 0 Å². The molecule has 160 valence electrons. The molecule has 27 heavy (non-hydrogen) atoms. The molecule has 9 nitrogen and oxygen atoms in total. The Morgan fingerprint density at radius 3 is 2.22 bits per heavy atom. The monoisotopic (exact) mass is 519 g/mol. The number of carbonyl (C=O) groups excluding carboxylic acids is 1. The fourth-order valence-corrected chi connectivity index (χ4v) is 3.20. The molecule has 1 saturated carbocycles. The van der Waals surface area contributed by atoms with Gasteiger partial charge in [0.05, 0.1) is 5.75 Å². The van der Waals surface area contributed by atoms with Gasteiger partial charge in [0.1, 0.15) is 5.60 Å². The van der Waals surface area contributed by atoms with Crippen LogP contribution >= 0.6 is 24.0 Å². The second-order valence-electron chi connectivity index (χ2n) is 7.32. The molecule has 0 aromatic heterocycles. The van der Waals surface area contributed by atoms with E-state index in [2.05, 4.69) is 25.7 Å². The molecule has 0 aromatic rings. The molecule has 4 N–H and O–H groups in total. The van der Waals surface area contributed by atoms with Crippen LogP contribution < -0.4 is 20.7 Å². The zero-order valence-electron chi connectivity index (χ0n) is 16.6. The summed E-state index contributed by atoms with van der Waals surface area (Å²) in [5, 5.41) is 8.56. The van der Waals surface area contributed by atoms with Gasteiger partial charge in [-0.25, -0.2) is 17.9 Å². The summed E-state index contributed by atoms with van der Waals surface area (Å²) in [6.45, 7) is 6.97. The molecule has 1 rings (SSSR count). The maximum absolute atomic E-state index is 11.9. The van der Waals surface area contributed by atoms with E-state index < -0.39 is 21.7 Å². The van der Waals surface area contributed by atoms with Crippen molar-refractivity contribution in [3.8, 4) is 0 Å². The summed E-state index contributed by atoms with van der Waals surface area (Å²) in [4.78, 5) is 15.5. The van der Waals surface area contributed by atoms with Crippen LogP contribution in [0.2, 0.25) is 0 Å². The highest BCUT2D eigenvalue weighted by Gasteiger charge is 2.20. The van der Waals surface area contributed by atoms with Crippen molar-refractivity contribution in [3.05, 3.63) is 0 Å². The van der Waals surface area contributed by atoms with Gasteiger partial charge in [0.25, 0.3) is 0 Å². The normalized spacial score (nSPS) is 15.3. The van der Waals surface area contributed by atoms with Gasteiger partial charge in [-0.15, -0.1) is 24.0 Å². The van der Waals surface area contributed by atoms with E-state index in [1.54, 1.807) is 27.8 Å². The quantitative estimate of drug-likeness (QED) is 0.156. The van der Waals surface area contributed by atoms with Crippen molar-refractivity contribution < 1.29 is 17.9 Å². The van der Waals surface area contributed by atoms with Crippen LogP contribution in [-0.4, -0.2) is 65.1 Å². The van der Waals surface area contributed by atoms with Crippen molar-refractivity contribution in [3.63, 3.8) is 0 Å². The summed E-state index contributed by atoms with van der Waals surface area (Å²) < 4.78 is 31.6. The van der Waals surface area contributed by atoms with E-state index in [-0.39, 0.29) is 36.3 Å². The first kappa shape index (κ1) is 26.2. The maximum Gasteiger partial charge on any atom is 0.407 e. The Labute approximate surface area is 179 Å². The number of hydrogen-bond acceptors (Lipinski definition) is 5. The van der Waals surface area contributed by atoms with Gasteiger partial charge in [-0.3, -0.25) is 4.99 Å². The van der Waals surface area contributed by atoms with E-state index in [9.17, 15) is 13.2 Å². The third-order valence-corrected chi connectivity index (χ3v) is 5.14. The molecule has 0 spiro atoms. The van der Waals surface area contributed by atoms with Gasteiger partial charge in [0.2, 0.25) is 10.0 Å². The van der Waals surface area contributed by atoms with E-state index in [4.69, 9.17) is 4.74 Å². The lowest BCUT2D eigenvalue weighted by atomic mass is 9.86. The first-order chi connectivity index (χ1) is 12.1.